The van der Waals surface area contributed by atoms with Gasteiger partial charge < -0.3 is 14.3 Å². The summed E-state index contributed by atoms with van der Waals surface area (Å²) in [5, 5.41) is 3.97. The summed E-state index contributed by atoms with van der Waals surface area (Å²) in [5.41, 5.74) is 1.28. The van der Waals surface area contributed by atoms with Crippen LogP contribution in [0.25, 0.3) is 0 Å². The maximum atomic E-state index is 12.1. The van der Waals surface area contributed by atoms with E-state index in [4.69, 9.17) is 4.52 Å². The van der Waals surface area contributed by atoms with Crippen molar-refractivity contribution in [3.8, 4) is 0 Å². The number of hydrogen-bond donors (Lipinski definition) is 0. The van der Waals surface area contributed by atoms with Gasteiger partial charge in [-0.1, -0.05) is 35.5 Å². The Morgan fingerprint density at radius 2 is 1.76 bits per heavy atom. The first kappa shape index (κ1) is 17.1. The van der Waals surface area contributed by atoms with Crippen molar-refractivity contribution in [1.82, 2.24) is 19.9 Å². The predicted molar refractivity (Wildman–Crippen MR) is 90.4 cm³/mol. The number of benzene rings is 1. The summed E-state index contributed by atoms with van der Waals surface area (Å²) in [5.74, 6) is 0.0472. The third-order valence-electron chi connectivity index (χ3n) is 4.32. The Morgan fingerprint density at radius 1 is 1.04 bits per heavy atom. The van der Waals surface area contributed by atoms with E-state index < -0.39 is 11.8 Å². The monoisotopic (exact) mass is 342 g/mol. The molecule has 0 spiro atoms. The van der Waals surface area contributed by atoms with Crippen molar-refractivity contribution in [2.75, 3.05) is 19.6 Å². The summed E-state index contributed by atoms with van der Waals surface area (Å²) in [6.07, 6.45) is 2.60. The Labute approximate surface area is 146 Å². The van der Waals surface area contributed by atoms with Gasteiger partial charge in [-0.25, -0.2) is 0 Å². The molecular weight excluding hydrogens is 320 g/mol. The topological polar surface area (TPSA) is 79.5 Å². The number of nitrogens with zero attached hydrogens (tertiary/aromatic N) is 4. The average Bonchev–Trinajstić information content (AvgIpc) is 3.07. The summed E-state index contributed by atoms with van der Waals surface area (Å²) in [4.78, 5) is 31.3. The Hall–Kier alpha value is -2.70. The molecule has 0 radical (unpaired) electrons. The molecule has 1 aliphatic rings. The second kappa shape index (κ2) is 7.92. The summed E-state index contributed by atoms with van der Waals surface area (Å²) in [6, 6.07) is 10.2. The summed E-state index contributed by atoms with van der Waals surface area (Å²) in [6.45, 7) is 3.63. The number of carbonyl (C=O) groups excluding carboxylic acids is 2. The normalized spacial score (nSPS) is 15.1. The van der Waals surface area contributed by atoms with Crippen molar-refractivity contribution in [2.24, 2.45) is 0 Å². The molecule has 0 atom stereocenters. The third-order valence-corrected chi connectivity index (χ3v) is 4.32. The standard InChI is InChI=1S/C18H22N4O3/c1-2-21-11-12-22(18(24)17(21)23)13-16-19-15(20-25-16)10-6-9-14-7-4-3-5-8-14/h3-5,7-8H,2,6,9-13H2,1H3. The number of rotatable bonds is 7. The van der Waals surface area contributed by atoms with E-state index in [9.17, 15) is 9.59 Å². The first-order valence-corrected chi connectivity index (χ1v) is 8.61. The molecule has 1 saturated heterocycles. The smallest absolute Gasteiger partial charge is 0.312 e. The molecule has 25 heavy (non-hydrogen) atoms. The van der Waals surface area contributed by atoms with Gasteiger partial charge in [0.25, 0.3) is 0 Å². The highest BCUT2D eigenvalue weighted by molar-refractivity contribution is 6.35. The lowest BCUT2D eigenvalue weighted by Gasteiger charge is -2.32. The molecule has 2 heterocycles. The molecule has 7 heteroatoms. The molecule has 1 aromatic carbocycles. The second-order valence-electron chi connectivity index (χ2n) is 6.06. The molecule has 7 nitrogen and oxygen atoms in total. The number of aromatic nitrogens is 2. The average molecular weight is 342 g/mol. The van der Waals surface area contributed by atoms with Gasteiger partial charge >= 0.3 is 11.8 Å². The molecule has 0 aliphatic carbocycles. The molecule has 0 bridgehead atoms. The third kappa shape index (κ3) is 4.23. The number of hydrogen-bond acceptors (Lipinski definition) is 5. The maximum Gasteiger partial charge on any atom is 0.312 e. The molecule has 2 aromatic rings. The Kier molecular flexibility index (Phi) is 5.42. The molecule has 1 aromatic heterocycles. The number of aryl methyl sites for hydroxylation is 2. The molecular formula is C18H22N4O3. The highest BCUT2D eigenvalue weighted by Gasteiger charge is 2.32. The Balaban J connectivity index is 1.50. The molecule has 1 fully saturated rings. The van der Waals surface area contributed by atoms with E-state index in [0.29, 0.717) is 31.3 Å². The van der Waals surface area contributed by atoms with Gasteiger partial charge in [-0.3, -0.25) is 9.59 Å². The Morgan fingerprint density at radius 3 is 2.52 bits per heavy atom. The van der Waals surface area contributed by atoms with Crippen molar-refractivity contribution in [3.63, 3.8) is 0 Å². The molecule has 3 rings (SSSR count). The van der Waals surface area contributed by atoms with E-state index in [1.54, 1.807) is 4.90 Å². The fourth-order valence-corrected chi connectivity index (χ4v) is 2.88. The van der Waals surface area contributed by atoms with Gasteiger partial charge in [0.05, 0.1) is 0 Å². The van der Waals surface area contributed by atoms with E-state index in [1.165, 1.54) is 10.5 Å². The van der Waals surface area contributed by atoms with Crippen LogP contribution in [0.4, 0.5) is 0 Å². The van der Waals surface area contributed by atoms with Gasteiger partial charge in [0.2, 0.25) is 5.89 Å². The number of carbonyl (C=O) groups is 2. The first-order chi connectivity index (χ1) is 12.2. The van der Waals surface area contributed by atoms with Gasteiger partial charge in [0.1, 0.15) is 6.54 Å². The number of piperazine rings is 1. The van der Waals surface area contributed by atoms with Gasteiger partial charge in [-0.15, -0.1) is 0 Å². The van der Waals surface area contributed by atoms with Crippen molar-refractivity contribution >= 4 is 11.8 Å². The van der Waals surface area contributed by atoms with Crippen LogP contribution in [0, 0.1) is 0 Å². The minimum absolute atomic E-state index is 0.188. The van der Waals surface area contributed by atoms with Crippen LogP contribution in [-0.4, -0.2) is 51.4 Å². The Bertz CT molecular complexity index is 729. The molecule has 0 unspecified atom stereocenters. The first-order valence-electron chi connectivity index (χ1n) is 8.61. The predicted octanol–water partition coefficient (Wildman–Crippen LogP) is 1.44. The van der Waals surface area contributed by atoms with Gasteiger partial charge in [0, 0.05) is 26.1 Å². The summed E-state index contributed by atoms with van der Waals surface area (Å²) >= 11 is 0. The van der Waals surface area contributed by atoms with Crippen LogP contribution in [0.5, 0.6) is 0 Å². The SMILES string of the molecule is CCN1CCN(Cc2nc(CCCc3ccccc3)no2)C(=O)C1=O. The van der Waals surface area contributed by atoms with E-state index in [1.807, 2.05) is 25.1 Å². The number of amides is 2. The highest BCUT2D eigenvalue weighted by atomic mass is 16.5. The van der Waals surface area contributed by atoms with Crippen molar-refractivity contribution in [1.29, 1.82) is 0 Å². The van der Waals surface area contributed by atoms with Crippen LogP contribution in [0.3, 0.4) is 0 Å². The zero-order chi connectivity index (χ0) is 17.6. The second-order valence-corrected chi connectivity index (χ2v) is 6.06. The molecule has 0 N–H and O–H groups in total. The van der Waals surface area contributed by atoms with E-state index in [2.05, 4.69) is 22.3 Å². The molecule has 132 valence electrons. The van der Waals surface area contributed by atoms with Crippen LogP contribution in [0.1, 0.15) is 30.6 Å². The molecule has 0 saturated carbocycles. The number of likely N-dealkylation sites (N-methyl/N-ethyl adjacent to an activating group) is 1. The largest absolute Gasteiger partial charge is 0.337 e. The van der Waals surface area contributed by atoms with Gasteiger partial charge in [0.15, 0.2) is 5.82 Å². The van der Waals surface area contributed by atoms with E-state index in [-0.39, 0.29) is 6.54 Å². The minimum Gasteiger partial charge on any atom is -0.337 e. The van der Waals surface area contributed by atoms with Crippen LogP contribution in [0.15, 0.2) is 34.9 Å². The molecule has 1 aliphatic heterocycles. The quantitative estimate of drug-likeness (QED) is 0.711. The fourth-order valence-electron chi connectivity index (χ4n) is 2.88. The van der Waals surface area contributed by atoms with E-state index in [0.717, 1.165) is 19.3 Å². The van der Waals surface area contributed by atoms with E-state index >= 15 is 0 Å². The minimum atomic E-state index is -0.503. The van der Waals surface area contributed by atoms with Crippen LogP contribution >= 0.6 is 0 Å². The maximum absolute atomic E-state index is 12.1. The van der Waals surface area contributed by atoms with Crippen molar-refractivity contribution in [2.45, 2.75) is 32.7 Å². The lowest BCUT2D eigenvalue weighted by atomic mass is 10.1. The van der Waals surface area contributed by atoms with Gasteiger partial charge in [-0.2, -0.15) is 4.98 Å². The highest BCUT2D eigenvalue weighted by Crippen LogP contribution is 2.11. The van der Waals surface area contributed by atoms with Crippen LogP contribution < -0.4 is 0 Å². The lowest BCUT2D eigenvalue weighted by molar-refractivity contribution is -0.156. The van der Waals surface area contributed by atoms with Gasteiger partial charge in [-0.05, 0) is 25.3 Å². The molecule has 2 amide bonds. The zero-order valence-electron chi connectivity index (χ0n) is 14.4. The van der Waals surface area contributed by atoms with Crippen LogP contribution in [0.2, 0.25) is 0 Å². The van der Waals surface area contributed by atoms with Crippen molar-refractivity contribution in [3.05, 3.63) is 47.6 Å². The summed E-state index contributed by atoms with van der Waals surface area (Å²) in [7, 11) is 0. The van der Waals surface area contributed by atoms with Crippen molar-refractivity contribution < 1.29 is 14.1 Å². The fraction of sp³-hybridized carbons (Fsp3) is 0.444. The zero-order valence-corrected chi connectivity index (χ0v) is 14.4. The van der Waals surface area contributed by atoms with Crippen LogP contribution in [-0.2, 0) is 29.0 Å². The lowest BCUT2D eigenvalue weighted by Crippen LogP contribution is -2.53. The summed E-state index contributed by atoms with van der Waals surface area (Å²) < 4.78 is 5.23.